The summed E-state index contributed by atoms with van der Waals surface area (Å²) in [5.41, 5.74) is 4.70. The summed E-state index contributed by atoms with van der Waals surface area (Å²) in [7, 11) is 0. The van der Waals surface area contributed by atoms with Crippen LogP contribution >= 0.6 is 23.2 Å². The molecule has 2 rings (SSSR count). The molecule has 0 aliphatic rings. The first-order chi connectivity index (χ1) is 9.30. The molecule has 2 aromatic carbocycles. The third-order valence-corrected chi connectivity index (χ3v) is 4.55. The van der Waals surface area contributed by atoms with Crippen LogP contribution < -0.4 is 0 Å². The Labute approximate surface area is 131 Å². The normalized spacial score (nSPS) is 13.3. The Bertz CT molecular complexity index is 592. The van der Waals surface area contributed by atoms with E-state index < -0.39 is 0 Å². The molecule has 0 radical (unpaired) electrons. The summed E-state index contributed by atoms with van der Waals surface area (Å²) in [6, 6.07) is 14.4. The predicted molar refractivity (Wildman–Crippen MR) is 89.0 cm³/mol. The SMILES string of the molecule is Cc1c(Cl)cccc1C(Cl)c1ccc(C(C)(C)C)cc1. The summed E-state index contributed by atoms with van der Waals surface area (Å²) < 4.78 is 0. The lowest BCUT2D eigenvalue weighted by molar-refractivity contribution is 0.590. The van der Waals surface area contributed by atoms with Gasteiger partial charge in [-0.2, -0.15) is 0 Å². The Morgan fingerprint density at radius 1 is 0.950 bits per heavy atom. The molecule has 0 aliphatic carbocycles. The number of alkyl halides is 1. The van der Waals surface area contributed by atoms with Gasteiger partial charge in [-0.15, -0.1) is 11.6 Å². The molecule has 20 heavy (non-hydrogen) atoms. The fourth-order valence-corrected chi connectivity index (χ4v) is 2.79. The van der Waals surface area contributed by atoms with Crippen molar-refractivity contribution in [2.75, 3.05) is 0 Å². The minimum Gasteiger partial charge on any atom is -0.113 e. The van der Waals surface area contributed by atoms with Crippen molar-refractivity contribution in [3.8, 4) is 0 Å². The Morgan fingerprint density at radius 3 is 2.10 bits per heavy atom. The maximum absolute atomic E-state index is 6.62. The lowest BCUT2D eigenvalue weighted by Gasteiger charge is -2.20. The summed E-state index contributed by atoms with van der Waals surface area (Å²) in [6.07, 6.45) is 0. The molecule has 0 saturated carbocycles. The summed E-state index contributed by atoms with van der Waals surface area (Å²) in [5.74, 6) is 0. The molecule has 0 saturated heterocycles. The zero-order valence-corrected chi connectivity index (χ0v) is 13.9. The molecule has 0 aromatic heterocycles. The van der Waals surface area contributed by atoms with E-state index in [0.29, 0.717) is 0 Å². The van der Waals surface area contributed by atoms with Gasteiger partial charge in [0.2, 0.25) is 0 Å². The average molecular weight is 307 g/mol. The molecule has 1 unspecified atom stereocenters. The molecule has 0 amide bonds. The van der Waals surface area contributed by atoms with E-state index in [0.717, 1.165) is 21.7 Å². The number of benzene rings is 2. The van der Waals surface area contributed by atoms with Crippen molar-refractivity contribution in [2.24, 2.45) is 0 Å². The van der Waals surface area contributed by atoms with Crippen LogP contribution in [0.1, 0.15) is 48.4 Å². The van der Waals surface area contributed by atoms with Crippen molar-refractivity contribution in [3.05, 3.63) is 69.7 Å². The quantitative estimate of drug-likeness (QED) is 0.573. The summed E-state index contributed by atoms with van der Waals surface area (Å²) in [4.78, 5) is 0. The zero-order chi connectivity index (χ0) is 14.9. The van der Waals surface area contributed by atoms with E-state index in [4.69, 9.17) is 23.2 Å². The van der Waals surface area contributed by atoms with Crippen LogP contribution in [0.3, 0.4) is 0 Å². The van der Waals surface area contributed by atoms with Crippen molar-refractivity contribution in [1.29, 1.82) is 0 Å². The maximum atomic E-state index is 6.62. The third kappa shape index (κ3) is 3.19. The number of hydrogen-bond donors (Lipinski definition) is 0. The lowest BCUT2D eigenvalue weighted by Crippen LogP contribution is -2.10. The van der Waals surface area contributed by atoms with Gasteiger partial charge in [0, 0.05) is 5.02 Å². The van der Waals surface area contributed by atoms with Crippen LogP contribution in [0.4, 0.5) is 0 Å². The molecule has 1 atom stereocenters. The van der Waals surface area contributed by atoms with Gasteiger partial charge in [-0.3, -0.25) is 0 Å². The molecule has 2 heteroatoms. The summed E-state index contributed by atoms with van der Waals surface area (Å²) in [5, 5.41) is 0.599. The first-order valence-electron chi connectivity index (χ1n) is 6.80. The second kappa shape index (κ2) is 5.79. The van der Waals surface area contributed by atoms with Crippen LogP contribution in [0.15, 0.2) is 42.5 Å². The molecule has 0 nitrogen and oxygen atoms in total. The van der Waals surface area contributed by atoms with E-state index in [1.54, 1.807) is 0 Å². The molecule has 106 valence electrons. The fraction of sp³-hybridized carbons (Fsp3) is 0.333. The Kier molecular flexibility index (Phi) is 4.46. The van der Waals surface area contributed by atoms with Crippen LogP contribution in [0.2, 0.25) is 5.02 Å². The van der Waals surface area contributed by atoms with Crippen molar-refractivity contribution in [1.82, 2.24) is 0 Å². The van der Waals surface area contributed by atoms with E-state index in [9.17, 15) is 0 Å². The molecular formula is C18H20Cl2. The Morgan fingerprint density at radius 2 is 1.55 bits per heavy atom. The van der Waals surface area contributed by atoms with E-state index in [1.807, 2.05) is 25.1 Å². The van der Waals surface area contributed by atoms with Crippen molar-refractivity contribution < 1.29 is 0 Å². The molecule has 0 fully saturated rings. The monoisotopic (exact) mass is 306 g/mol. The number of rotatable bonds is 2. The van der Waals surface area contributed by atoms with Gasteiger partial charge in [-0.25, -0.2) is 0 Å². The first-order valence-corrected chi connectivity index (χ1v) is 7.61. The van der Waals surface area contributed by atoms with Gasteiger partial charge in [-0.1, -0.05) is 68.8 Å². The van der Waals surface area contributed by atoms with Crippen LogP contribution in [0.25, 0.3) is 0 Å². The van der Waals surface area contributed by atoms with Crippen LogP contribution in [-0.2, 0) is 5.41 Å². The second-order valence-corrected chi connectivity index (χ2v) is 7.03. The first kappa shape index (κ1) is 15.4. The van der Waals surface area contributed by atoms with E-state index in [1.165, 1.54) is 5.56 Å². The Hall–Kier alpha value is -0.980. The molecule has 0 heterocycles. The fourth-order valence-electron chi connectivity index (χ4n) is 2.23. The van der Waals surface area contributed by atoms with Crippen LogP contribution in [0.5, 0.6) is 0 Å². The third-order valence-electron chi connectivity index (χ3n) is 3.65. The van der Waals surface area contributed by atoms with E-state index >= 15 is 0 Å². The van der Waals surface area contributed by atoms with Crippen molar-refractivity contribution in [3.63, 3.8) is 0 Å². The number of hydrogen-bond acceptors (Lipinski definition) is 0. The van der Waals surface area contributed by atoms with Gasteiger partial charge in [-0.05, 0) is 40.7 Å². The maximum Gasteiger partial charge on any atom is 0.0838 e. The molecule has 2 aromatic rings. The smallest absolute Gasteiger partial charge is 0.0838 e. The van der Waals surface area contributed by atoms with E-state index in [-0.39, 0.29) is 10.8 Å². The topological polar surface area (TPSA) is 0 Å². The van der Waals surface area contributed by atoms with Crippen molar-refractivity contribution in [2.45, 2.75) is 38.5 Å². The van der Waals surface area contributed by atoms with Gasteiger partial charge in [0.1, 0.15) is 0 Å². The van der Waals surface area contributed by atoms with Crippen LogP contribution in [-0.4, -0.2) is 0 Å². The Balaban J connectivity index is 2.34. The average Bonchev–Trinajstić information content (AvgIpc) is 2.40. The van der Waals surface area contributed by atoms with E-state index in [2.05, 4.69) is 45.0 Å². The zero-order valence-electron chi connectivity index (χ0n) is 12.4. The highest BCUT2D eigenvalue weighted by molar-refractivity contribution is 6.31. The van der Waals surface area contributed by atoms with Crippen LogP contribution in [0, 0.1) is 6.92 Å². The highest BCUT2D eigenvalue weighted by Gasteiger charge is 2.17. The molecule has 0 aliphatic heterocycles. The minimum atomic E-state index is -0.164. The van der Waals surface area contributed by atoms with Gasteiger partial charge in [0.05, 0.1) is 5.38 Å². The van der Waals surface area contributed by atoms with Gasteiger partial charge < -0.3 is 0 Å². The highest BCUT2D eigenvalue weighted by Crippen LogP contribution is 2.34. The predicted octanol–water partition coefficient (Wildman–Crippen LogP) is 6.27. The second-order valence-electron chi connectivity index (χ2n) is 6.19. The van der Waals surface area contributed by atoms with Gasteiger partial charge in [0.15, 0.2) is 0 Å². The summed E-state index contributed by atoms with van der Waals surface area (Å²) >= 11 is 12.8. The minimum absolute atomic E-state index is 0.159. The number of halogens is 2. The molecule has 0 bridgehead atoms. The molecule has 0 N–H and O–H groups in total. The lowest BCUT2D eigenvalue weighted by atomic mass is 9.86. The van der Waals surface area contributed by atoms with Gasteiger partial charge >= 0.3 is 0 Å². The largest absolute Gasteiger partial charge is 0.113 e. The molecular weight excluding hydrogens is 287 g/mol. The van der Waals surface area contributed by atoms with Gasteiger partial charge in [0.25, 0.3) is 0 Å². The molecule has 0 spiro atoms. The summed E-state index contributed by atoms with van der Waals surface area (Å²) in [6.45, 7) is 8.64. The standard InChI is InChI=1S/C18H20Cl2/c1-12-15(6-5-7-16(12)19)17(20)13-8-10-14(11-9-13)18(2,3)4/h5-11,17H,1-4H3. The highest BCUT2D eigenvalue weighted by atomic mass is 35.5. The van der Waals surface area contributed by atoms with Crippen molar-refractivity contribution >= 4 is 23.2 Å².